The second-order valence-corrected chi connectivity index (χ2v) is 7.53. The molecule has 0 aliphatic carbocycles. The molecule has 0 fully saturated rings. The van der Waals surface area contributed by atoms with Gasteiger partial charge >= 0.3 is 0 Å². The van der Waals surface area contributed by atoms with Crippen LogP contribution < -0.4 is 0 Å². The van der Waals surface area contributed by atoms with Crippen LogP contribution in [0.1, 0.15) is 65.5 Å². The van der Waals surface area contributed by atoms with Gasteiger partial charge in [0.05, 0.1) is 4.90 Å². The van der Waals surface area contributed by atoms with E-state index in [1.807, 2.05) is 12.1 Å². The number of hydrogen-bond acceptors (Lipinski definition) is 2. The van der Waals surface area contributed by atoms with E-state index in [-0.39, 0.29) is 10.8 Å². The first-order chi connectivity index (χ1) is 8.64. The molecule has 0 heterocycles. The second-order valence-electron chi connectivity index (χ2n) is 6.50. The van der Waals surface area contributed by atoms with Gasteiger partial charge in [0.1, 0.15) is 0 Å². The van der Waals surface area contributed by atoms with Crippen molar-refractivity contribution in [3.63, 3.8) is 0 Å². The third kappa shape index (κ3) is 3.59. The zero-order chi connectivity index (χ0) is 14.8. The Morgan fingerprint density at radius 1 is 0.842 bits per heavy atom. The van der Waals surface area contributed by atoms with Crippen molar-refractivity contribution in [1.29, 1.82) is 0 Å². The van der Waals surface area contributed by atoms with Gasteiger partial charge in [0.15, 0.2) is 10.7 Å². The Morgan fingerprint density at radius 3 is 1.47 bits per heavy atom. The first-order valence-electron chi connectivity index (χ1n) is 6.94. The number of thiol groups is 1. The van der Waals surface area contributed by atoms with Crippen molar-refractivity contribution in [3.05, 3.63) is 29.3 Å². The fourth-order valence-electron chi connectivity index (χ4n) is 1.91. The molecule has 108 valence electrons. The molecule has 0 amide bonds. The molecule has 3 heteroatoms. The summed E-state index contributed by atoms with van der Waals surface area (Å²) in [5.41, 5.74) is 2.23. The van der Waals surface area contributed by atoms with Crippen LogP contribution in [0.3, 0.4) is 0 Å². The summed E-state index contributed by atoms with van der Waals surface area (Å²) in [5.74, 6) is 0. The molecule has 0 aromatic heterocycles. The van der Waals surface area contributed by atoms with Crippen molar-refractivity contribution >= 4 is 10.7 Å². The maximum atomic E-state index is 11.4. The Labute approximate surface area is 119 Å². The van der Waals surface area contributed by atoms with Crippen LogP contribution in [-0.4, -0.2) is 8.42 Å². The Bertz CT molecular complexity index is 483. The van der Waals surface area contributed by atoms with Crippen molar-refractivity contribution in [2.24, 2.45) is 0 Å². The Balaban J connectivity index is 3.51. The molecule has 2 nitrogen and oxygen atoms in total. The van der Waals surface area contributed by atoms with Gasteiger partial charge in [0, 0.05) is 0 Å². The molecular weight excluding hydrogens is 256 g/mol. The average Bonchev–Trinajstić information content (AvgIpc) is 2.38. The van der Waals surface area contributed by atoms with E-state index >= 15 is 0 Å². The zero-order valence-corrected chi connectivity index (χ0v) is 13.8. The van der Waals surface area contributed by atoms with Gasteiger partial charge < -0.3 is 0 Å². The first-order valence-corrected chi connectivity index (χ1v) is 8.12. The molecule has 0 saturated carbocycles. The lowest BCUT2D eigenvalue weighted by Crippen LogP contribution is -2.20. The molecule has 0 aliphatic heterocycles. The van der Waals surface area contributed by atoms with E-state index in [9.17, 15) is 8.42 Å². The molecule has 0 bridgehead atoms. The molecule has 0 atom stereocenters. The molecule has 0 saturated heterocycles. The zero-order valence-electron chi connectivity index (χ0n) is 12.9. The number of hydrogen-bond donors (Lipinski definition) is 1. The standard InChI is InChI=1S/C16H26O2S/c1-7-15(3,4)12-9-13(16(5,6)8-2)11-14(10-12)19(17)18/h9-11,19H,7-8H2,1-6H3. The summed E-state index contributed by atoms with van der Waals surface area (Å²) in [7, 11) is -2.53. The van der Waals surface area contributed by atoms with Gasteiger partial charge in [-0.25, -0.2) is 8.42 Å². The van der Waals surface area contributed by atoms with Crippen LogP contribution in [0.2, 0.25) is 0 Å². The summed E-state index contributed by atoms with van der Waals surface area (Å²) in [5, 5.41) is 0. The monoisotopic (exact) mass is 282 g/mol. The van der Waals surface area contributed by atoms with E-state index in [2.05, 4.69) is 47.6 Å². The van der Waals surface area contributed by atoms with Crippen LogP contribution in [0, 0.1) is 0 Å². The minimum atomic E-state index is -2.53. The molecule has 19 heavy (non-hydrogen) atoms. The molecule has 0 aliphatic rings. The van der Waals surface area contributed by atoms with Crippen LogP contribution in [0.5, 0.6) is 0 Å². The molecule has 1 aromatic carbocycles. The topological polar surface area (TPSA) is 34.1 Å². The highest BCUT2D eigenvalue weighted by atomic mass is 32.2. The van der Waals surface area contributed by atoms with Gasteiger partial charge in [0.25, 0.3) is 0 Å². The molecule has 1 rings (SSSR count). The third-order valence-corrected chi connectivity index (χ3v) is 5.14. The summed E-state index contributed by atoms with van der Waals surface area (Å²) in [6.07, 6.45) is 1.97. The Hall–Kier alpha value is -0.830. The maximum absolute atomic E-state index is 11.4. The van der Waals surface area contributed by atoms with E-state index in [1.165, 1.54) is 0 Å². The second kappa shape index (κ2) is 5.66. The highest BCUT2D eigenvalue weighted by Crippen LogP contribution is 2.34. The van der Waals surface area contributed by atoms with Gasteiger partial charge in [-0.2, -0.15) is 0 Å². The number of rotatable bonds is 5. The third-order valence-electron chi connectivity index (χ3n) is 4.46. The lowest BCUT2D eigenvalue weighted by atomic mass is 9.77. The van der Waals surface area contributed by atoms with Crippen molar-refractivity contribution in [1.82, 2.24) is 0 Å². The van der Waals surface area contributed by atoms with Crippen molar-refractivity contribution in [3.8, 4) is 0 Å². The molecular formula is C16H26O2S. The molecule has 0 radical (unpaired) electrons. The maximum Gasteiger partial charge on any atom is 0.168 e. The minimum Gasteiger partial charge on any atom is -0.227 e. The van der Waals surface area contributed by atoms with Gasteiger partial charge in [-0.3, -0.25) is 0 Å². The fourth-order valence-corrected chi connectivity index (χ4v) is 2.40. The summed E-state index contributed by atoms with van der Waals surface area (Å²) in [6.45, 7) is 12.9. The normalized spacial score (nSPS) is 13.0. The van der Waals surface area contributed by atoms with E-state index in [0.29, 0.717) is 4.90 Å². The van der Waals surface area contributed by atoms with Gasteiger partial charge in [-0.15, -0.1) is 0 Å². The van der Waals surface area contributed by atoms with Crippen molar-refractivity contribution < 1.29 is 8.42 Å². The predicted octanol–water partition coefficient (Wildman–Crippen LogP) is 4.03. The molecule has 0 unspecified atom stereocenters. The molecule has 0 N–H and O–H groups in total. The molecule has 0 spiro atoms. The predicted molar refractivity (Wildman–Crippen MR) is 81.7 cm³/mol. The lowest BCUT2D eigenvalue weighted by molar-refractivity contribution is 0.486. The Kier molecular flexibility index (Phi) is 4.83. The van der Waals surface area contributed by atoms with Gasteiger partial charge in [0.2, 0.25) is 0 Å². The van der Waals surface area contributed by atoms with Gasteiger partial charge in [-0.05, 0) is 46.9 Å². The fraction of sp³-hybridized carbons (Fsp3) is 0.625. The number of benzene rings is 1. The van der Waals surface area contributed by atoms with Crippen LogP contribution in [-0.2, 0) is 21.5 Å². The van der Waals surface area contributed by atoms with Crippen LogP contribution in [0.25, 0.3) is 0 Å². The smallest absolute Gasteiger partial charge is 0.168 e. The van der Waals surface area contributed by atoms with Crippen LogP contribution in [0.15, 0.2) is 23.1 Å². The minimum absolute atomic E-state index is 0.0000746. The summed E-state index contributed by atoms with van der Waals surface area (Å²) in [4.78, 5) is 0.436. The summed E-state index contributed by atoms with van der Waals surface area (Å²) >= 11 is 0. The summed E-state index contributed by atoms with van der Waals surface area (Å²) in [6, 6.07) is 5.82. The summed E-state index contributed by atoms with van der Waals surface area (Å²) < 4.78 is 22.7. The van der Waals surface area contributed by atoms with E-state index in [4.69, 9.17) is 0 Å². The quantitative estimate of drug-likeness (QED) is 0.827. The van der Waals surface area contributed by atoms with Crippen molar-refractivity contribution in [2.75, 3.05) is 0 Å². The van der Waals surface area contributed by atoms with Crippen LogP contribution in [0.4, 0.5) is 0 Å². The van der Waals surface area contributed by atoms with Gasteiger partial charge in [-0.1, -0.05) is 47.6 Å². The van der Waals surface area contributed by atoms with Crippen LogP contribution >= 0.6 is 0 Å². The highest BCUT2D eigenvalue weighted by molar-refractivity contribution is 7.72. The first kappa shape index (κ1) is 16.2. The largest absolute Gasteiger partial charge is 0.227 e. The average molecular weight is 282 g/mol. The van der Waals surface area contributed by atoms with E-state index in [1.54, 1.807) is 0 Å². The van der Waals surface area contributed by atoms with Crippen molar-refractivity contribution in [2.45, 2.75) is 70.1 Å². The van der Waals surface area contributed by atoms with E-state index < -0.39 is 10.7 Å². The molecule has 1 aromatic rings. The SMILES string of the molecule is CCC(C)(C)c1cc([SH](=O)=O)cc(C(C)(C)CC)c1. The highest BCUT2D eigenvalue weighted by Gasteiger charge is 2.24. The van der Waals surface area contributed by atoms with E-state index in [0.717, 1.165) is 24.0 Å². The lowest BCUT2D eigenvalue weighted by Gasteiger charge is -2.29. The Morgan fingerprint density at radius 2 is 1.21 bits per heavy atom.